The number of amides is 3. The minimum atomic E-state index is -0.369. The Morgan fingerprint density at radius 1 is 1.40 bits per heavy atom. The summed E-state index contributed by atoms with van der Waals surface area (Å²) in [5, 5.41) is 2.48. The molecule has 4 nitrogen and oxygen atoms in total. The van der Waals surface area contributed by atoms with Crippen LogP contribution in [0.4, 0.5) is 10.5 Å². The van der Waals surface area contributed by atoms with Crippen LogP contribution in [-0.2, 0) is 4.79 Å². The molecule has 5 heteroatoms. The van der Waals surface area contributed by atoms with Crippen molar-refractivity contribution in [2.24, 2.45) is 0 Å². The first-order valence-electron chi connectivity index (χ1n) is 4.47. The molecule has 78 valence electrons. The summed E-state index contributed by atoms with van der Waals surface area (Å²) in [4.78, 5) is 24.0. The molecule has 1 fully saturated rings. The fourth-order valence-corrected chi connectivity index (χ4v) is 1.91. The Hall–Kier alpha value is -1.36. The highest BCUT2D eigenvalue weighted by molar-refractivity contribution is 9.10. The Balaban J connectivity index is 2.49. The molecule has 1 saturated heterocycles. The topological polar surface area (TPSA) is 49.4 Å². The monoisotopic (exact) mass is 268 g/mol. The van der Waals surface area contributed by atoms with Gasteiger partial charge < -0.3 is 5.32 Å². The lowest BCUT2D eigenvalue weighted by Crippen LogP contribution is -2.31. The van der Waals surface area contributed by atoms with Crippen molar-refractivity contribution < 1.29 is 9.59 Å². The van der Waals surface area contributed by atoms with Crippen molar-refractivity contribution in [3.63, 3.8) is 0 Å². The first-order chi connectivity index (χ1) is 7.11. The normalized spacial score (nSPS) is 15.7. The van der Waals surface area contributed by atoms with Crippen molar-refractivity contribution >= 4 is 33.6 Å². The zero-order valence-electron chi connectivity index (χ0n) is 8.08. The van der Waals surface area contributed by atoms with Crippen molar-refractivity contribution in [3.8, 4) is 0 Å². The predicted octanol–water partition coefficient (Wildman–Crippen LogP) is 1.81. The number of benzene rings is 1. The maximum atomic E-state index is 11.5. The van der Waals surface area contributed by atoms with E-state index in [4.69, 9.17) is 0 Å². The fraction of sp³-hybridized carbons (Fsp3) is 0.200. The molecule has 1 aromatic carbocycles. The molecule has 2 rings (SSSR count). The summed E-state index contributed by atoms with van der Waals surface area (Å²) < 4.78 is 0.774. The average molecular weight is 269 g/mol. The summed E-state index contributed by atoms with van der Waals surface area (Å²) in [5.41, 5.74) is 1.58. The van der Waals surface area contributed by atoms with Crippen LogP contribution in [0.25, 0.3) is 0 Å². The van der Waals surface area contributed by atoms with Crippen molar-refractivity contribution in [2.75, 3.05) is 11.4 Å². The van der Waals surface area contributed by atoms with Gasteiger partial charge in [-0.05, 0) is 34.5 Å². The highest BCUT2D eigenvalue weighted by atomic mass is 79.9. The van der Waals surface area contributed by atoms with Crippen molar-refractivity contribution in [2.45, 2.75) is 6.92 Å². The lowest BCUT2D eigenvalue weighted by atomic mass is 10.2. The van der Waals surface area contributed by atoms with Crippen LogP contribution in [0.5, 0.6) is 0 Å². The number of halogens is 1. The molecule has 1 aliphatic rings. The van der Waals surface area contributed by atoms with E-state index in [1.165, 1.54) is 0 Å². The lowest BCUT2D eigenvalue weighted by Gasteiger charge is -2.15. The molecular weight excluding hydrogens is 260 g/mol. The second kappa shape index (κ2) is 3.66. The maximum absolute atomic E-state index is 11.5. The summed E-state index contributed by atoms with van der Waals surface area (Å²) in [6, 6.07) is 5.09. The van der Waals surface area contributed by atoms with E-state index in [0.29, 0.717) is 5.69 Å². The van der Waals surface area contributed by atoms with E-state index >= 15 is 0 Å². The second-order valence-electron chi connectivity index (χ2n) is 3.30. The predicted molar refractivity (Wildman–Crippen MR) is 59.8 cm³/mol. The molecule has 0 saturated carbocycles. The molecule has 1 aromatic rings. The molecule has 1 aliphatic heterocycles. The number of aryl methyl sites for hydroxylation is 1. The van der Waals surface area contributed by atoms with E-state index in [1.807, 2.05) is 19.1 Å². The Morgan fingerprint density at radius 2 is 2.13 bits per heavy atom. The molecule has 0 aliphatic carbocycles. The Bertz CT molecular complexity index is 429. The summed E-state index contributed by atoms with van der Waals surface area (Å²) in [7, 11) is 0. The van der Waals surface area contributed by atoms with Crippen LogP contribution in [0.1, 0.15) is 5.56 Å². The number of urea groups is 1. The SMILES string of the molecule is Cc1cccc(N2C(=O)CNC2=O)c1Br. The molecule has 1 N–H and O–H groups in total. The van der Waals surface area contributed by atoms with E-state index < -0.39 is 0 Å². The van der Waals surface area contributed by atoms with E-state index in [1.54, 1.807) is 6.07 Å². The standard InChI is InChI=1S/C10H9BrN2O2/c1-6-3-2-4-7(9(6)11)13-8(14)5-12-10(13)15/h2-4H,5H2,1H3,(H,12,15). The number of imide groups is 1. The molecular formula is C10H9BrN2O2. The molecule has 15 heavy (non-hydrogen) atoms. The quantitative estimate of drug-likeness (QED) is 0.790. The number of carbonyl (C=O) groups excluding carboxylic acids is 2. The Kier molecular flexibility index (Phi) is 2.48. The number of rotatable bonds is 1. The Morgan fingerprint density at radius 3 is 2.73 bits per heavy atom. The molecule has 0 spiro atoms. The molecule has 3 amide bonds. The van der Waals surface area contributed by atoms with Gasteiger partial charge in [0.05, 0.1) is 12.2 Å². The molecule has 0 unspecified atom stereocenters. The van der Waals surface area contributed by atoms with Gasteiger partial charge in [0.1, 0.15) is 0 Å². The second-order valence-corrected chi connectivity index (χ2v) is 4.09. The van der Waals surface area contributed by atoms with E-state index in [-0.39, 0.29) is 18.5 Å². The minimum absolute atomic E-state index is 0.0687. The van der Waals surface area contributed by atoms with Crippen LogP contribution in [0.15, 0.2) is 22.7 Å². The van der Waals surface area contributed by atoms with Gasteiger partial charge in [0.25, 0.3) is 5.91 Å². The van der Waals surface area contributed by atoms with Gasteiger partial charge in [0, 0.05) is 4.47 Å². The number of anilines is 1. The third-order valence-corrected chi connectivity index (χ3v) is 3.29. The van der Waals surface area contributed by atoms with E-state index in [9.17, 15) is 9.59 Å². The number of carbonyl (C=O) groups is 2. The van der Waals surface area contributed by atoms with Gasteiger partial charge in [-0.25, -0.2) is 9.69 Å². The Labute approximate surface area is 95.4 Å². The van der Waals surface area contributed by atoms with Gasteiger partial charge in [-0.3, -0.25) is 4.79 Å². The zero-order valence-corrected chi connectivity index (χ0v) is 9.67. The molecule has 0 bridgehead atoms. The first-order valence-corrected chi connectivity index (χ1v) is 5.26. The molecule has 0 radical (unpaired) electrons. The van der Waals surface area contributed by atoms with Crippen LogP contribution in [0.2, 0.25) is 0 Å². The minimum Gasteiger partial charge on any atom is -0.328 e. The van der Waals surface area contributed by atoms with Gasteiger partial charge in [-0.1, -0.05) is 12.1 Å². The van der Waals surface area contributed by atoms with Crippen LogP contribution >= 0.6 is 15.9 Å². The van der Waals surface area contributed by atoms with Gasteiger partial charge in [-0.2, -0.15) is 0 Å². The van der Waals surface area contributed by atoms with Crippen LogP contribution in [0, 0.1) is 6.92 Å². The summed E-state index contributed by atoms with van der Waals surface area (Å²) in [6.07, 6.45) is 0. The van der Waals surface area contributed by atoms with Gasteiger partial charge in [0.2, 0.25) is 0 Å². The largest absolute Gasteiger partial charge is 0.329 e. The van der Waals surface area contributed by atoms with Crippen molar-refractivity contribution in [1.82, 2.24) is 5.32 Å². The summed E-state index contributed by atoms with van der Waals surface area (Å²) in [5.74, 6) is -0.230. The first kappa shape index (κ1) is 10.2. The van der Waals surface area contributed by atoms with Crippen molar-refractivity contribution in [3.05, 3.63) is 28.2 Å². The highest BCUT2D eigenvalue weighted by Crippen LogP contribution is 2.30. The third kappa shape index (κ3) is 1.63. The number of nitrogens with zero attached hydrogens (tertiary/aromatic N) is 1. The van der Waals surface area contributed by atoms with E-state index in [2.05, 4.69) is 21.2 Å². The van der Waals surface area contributed by atoms with Crippen LogP contribution in [0.3, 0.4) is 0 Å². The molecule has 1 heterocycles. The van der Waals surface area contributed by atoms with Gasteiger partial charge >= 0.3 is 6.03 Å². The van der Waals surface area contributed by atoms with Crippen LogP contribution < -0.4 is 10.2 Å². The average Bonchev–Trinajstić information content (AvgIpc) is 2.52. The fourth-order valence-electron chi connectivity index (χ4n) is 1.47. The summed E-state index contributed by atoms with van der Waals surface area (Å²) in [6.45, 7) is 1.98. The maximum Gasteiger partial charge on any atom is 0.329 e. The van der Waals surface area contributed by atoms with Crippen molar-refractivity contribution in [1.29, 1.82) is 0 Å². The van der Waals surface area contributed by atoms with E-state index in [0.717, 1.165) is 14.9 Å². The highest BCUT2D eigenvalue weighted by Gasteiger charge is 2.31. The smallest absolute Gasteiger partial charge is 0.328 e. The zero-order chi connectivity index (χ0) is 11.0. The van der Waals surface area contributed by atoms with Gasteiger partial charge in [-0.15, -0.1) is 0 Å². The summed E-state index contributed by atoms with van der Waals surface area (Å²) >= 11 is 3.37. The molecule has 0 aromatic heterocycles. The number of hydrogen-bond acceptors (Lipinski definition) is 2. The van der Waals surface area contributed by atoms with Crippen LogP contribution in [-0.4, -0.2) is 18.5 Å². The molecule has 0 atom stereocenters. The number of nitrogens with one attached hydrogen (secondary N) is 1. The number of hydrogen-bond donors (Lipinski definition) is 1. The third-order valence-electron chi connectivity index (χ3n) is 2.26. The van der Waals surface area contributed by atoms with Gasteiger partial charge in [0.15, 0.2) is 0 Å². The lowest BCUT2D eigenvalue weighted by molar-refractivity contribution is -0.115.